The number of thioether (sulfide) groups is 1. The van der Waals surface area contributed by atoms with Gasteiger partial charge in [0.2, 0.25) is 5.91 Å². The first-order valence-corrected chi connectivity index (χ1v) is 9.13. The Morgan fingerprint density at radius 3 is 2.92 bits per heavy atom. The lowest BCUT2D eigenvalue weighted by molar-refractivity contribution is -0.128. The van der Waals surface area contributed by atoms with Crippen LogP contribution in [0, 0.1) is 6.92 Å². The first kappa shape index (κ1) is 16.0. The fourth-order valence-electron chi connectivity index (χ4n) is 2.91. The Hall–Kier alpha value is -2.54. The number of carbonyl (C=O) groups excluding carboxylic acids is 1. The molecule has 6 nitrogen and oxygen atoms in total. The molecule has 0 aliphatic carbocycles. The molecule has 1 fully saturated rings. The average Bonchev–Trinajstić information content (AvgIpc) is 3.34. The van der Waals surface area contributed by atoms with E-state index >= 15 is 0 Å². The van der Waals surface area contributed by atoms with Crippen molar-refractivity contribution in [3.8, 4) is 0 Å². The summed E-state index contributed by atoms with van der Waals surface area (Å²) < 4.78 is 7.21. The van der Waals surface area contributed by atoms with Crippen molar-refractivity contribution < 1.29 is 9.21 Å². The Kier molecular flexibility index (Phi) is 4.31. The van der Waals surface area contributed by atoms with Crippen molar-refractivity contribution >= 4 is 17.7 Å². The lowest BCUT2D eigenvalue weighted by Crippen LogP contribution is -2.27. The van der Waals surface area contributed by atoms with Crippen molar-refractivity contribution in [2.24, 2.45) is 0 Å². The number of amides is 1. The third kappa shape index (κ3) is 3.32. The molecule has 0 radical (unpaired) electrons. The van der Waals surface area contributed by atoms with Crippen molar-refractivity contribution in [3.63, 3.8) is 0 Å². The minimum Gasteiger partial charge on any atom is -0.467 e. The predicted octanol–water partition coefficient (Wildman–Crippen LogP) is 3.00. The van der Waals surface area contributed by atoms with Gasteiger partial charge in [-0.2, -0.15) is 0 Å². The van der Waals surface area contributed by atoms with E-state index in [1.54, 1.807) is 22.9 Å². The maximum Gasteiger partial charge on any atom is 0.234 e. The van der Waals surface area contributed by atoms with Crippen LogP contribution in [0.4, 0.5) is 0 Å². The first-order valence-electron chi connectivity index (χ1n) is 8.09. The van der Waals surface area contributed by atoms with E-state index in [1.165, 1.54) is 11.1 Å². The Labute approximate surface area is 149 Å². The second-order valence-electron chi connectivity index (χ2n) is 6.03. The van der Waals surface area contributed by atoms with Gasteiger partial charge in [-0.3, -0.25) is 4.79 Å². The standard InChI is InChI=1S/C18H18N4O2S/c1-13-5-2-3-6-14(13)9-21-11-16(19-20-21)18-22(17(23)12-25-18)10-15-7-4-8-24-15/h2-8,11,18H,9-10,12H2,1H3/t18-/m1/s1. The molecule has 4 rings (SSSR count). The normalized spacial score (nSPS) is 17.4. The molecule has 25 heavy (non-hydrogen) atoms. The summed E-state index contributed by atoms with van der Waals surface area (Å²) in [5.41, 5.74) is 3.24. The van der Waals surface area contributed by atoms with E-state index in [4.69, 9.17) is 4.42 Å². The maximum atomic E-state index is 12.2. The van der Waals surface area contributed by atoms with Gasteiger partial charge in [-0.15, -0.1) is 16.9 Å². The van der Waals surface area contributed by atoms with E-state index < -0.39 is 0 Å². The van der Waals surface area contributed by atoms with E-state index in [-0.39, 0.29) is 11.3 Å². The van der Waals surface area contributed by atoms with Crippen molar-refractivity contribution in [2.75, 3.05) is 5.75 Å². The van der Waals surface area contributed by atoms with Crippen molar-refractivity contribution in [1.29, 1.82) is 0 Å². The number of hydrogen-bond acceptors (Lipinski definition) is 5. The number of aryl methyl sites for hydroxylation is 1. The Morgan fingerprint density at radius 1 is 1.24 bits per heavy atom. The molecule has 3 aromatic rings. The Bertz CT molecular complexity index is 875. The number of nitrogens with zero attached hydrogens (tertiary/aromatic N) is 4. The van der Waals surface area contributed by atoms with Gasteiger partial charge in [-0.25, -0.2) is 4.68 Å². The highest BCUT2D eigenvalue weighted by atomic mass is 32.2. The van der Waals surface area contributed by atoms with E-state index in [1.807, 2.05) is 35.1 Å². The third-order valence-corrected chi connectivity index (χ3v) is 5.50. The van der Waals surface area contributed by atoms with Crippen LogP contribution in [0.1, 0.15) is 28.0 Å². The van der Waals surface area contributed by atoms with E-state index in [2.05, 4.69) is 29.4 Å². The first-order chi connectivity index (χ1) is 12.2. The van der Waals surface area contributed by atoms with Crippen LogP contribution in [0.5, 0.6) is 0 Å². The molecule has 0 spiro atoms. The van der Waals surface area contributed by atoms with Gasteiger partial charge in [0.15, 0.2) is 0 Å². The Morgan fingerprint density at radius 2 is 2.12 bits per heavy atom. The molecule has 0 saturated carbocycles. The smallest absolute Gasteiger partial charge is 0.234 e. The number of benzene rings is 1. The molecule has 128 valence electrons. The van der Waals surface area contributed by atoms with Crippen LogP contribution < -0.4 is 0 Å². The summed E-state index contributed by atoms with van der Waals surface area (Å²) in [6, 6.07) is 11.9. The summed E-state index contributed by atoms with van der Waals surface area (Å²) in [5.74, 6) is 1.32. The van der Waals surface area contributed by atoms with Gasteiger partial charge in [-0.05, 0) is 30.2 Å². The monoisotopic (exact) mass is 354 g/mol. The molecule has 1 saturated heterocycles. The van der Waals surface area contributed by atoms with Crippen molar-refractivity contribution in [1.82, 2.24) is 19.9 Å². The third-order valence-electron chi connectivity index (χ3n) is 4.28. The van der Waals surface area contributed by atoms with Gasteiger partial charge in [-0.1, -0.05) is 29.5 Å². The largest absolute Gasteiger partial charge is 0.467 e. The molecule has 1 aliphatic heterocycles. The minimum atomic E-state index is -0.122. The van der Waals surface area contributed by atoms with Crippen LogP contribution >= 0.6 is 11.8 Å². The predicted molar refractivity (Wildman–Crippen MR) is 94.8 cm³/mol. The highest BCUT2D eigenvalue weighted by Crippen LogP contribution is 2.38. The minimum absolute atomic E-state index is 0.0971. The summed E-state index contributed by atoms with van der Waals surface area (Å²) in [6.07, 6.45) is 3.55. The second kappa shape index (κ2) is 6.76. The van der Waals surface area contributed by atoms with Gasteiger partial charge in [0.05, 0.1) is 31.3 Å². The molecule has 0 unspecified atom stereocenters. The molecule has 0 N–H and O–H groups in total. The zero-order chi connectivity index (χ0) is 17.2. The van der Waals surface area contributed by atoms with E-state index in [0.29, 0.717) is 18.8 Å². The molecular weight excluding hydrogens is 336 g/mol. The van der Waals surface area contributed by atoms with E-state index in [9.17, 15) is 4.79 Å². The van der Waals surface area contributed by atoms with Crippen molar-refractivity contribution in [2.45, 2.75) is 25.4 Å². The number of aromatic nitrogens is 3. The van der Waals surface area contributed by atoms with Crippen LogP contribution in [-0.2, 0) is 17.9 Å². The Balaban J connectivity index is 1.52. The highest BCUT2D eigenvalue weighted by molar-refractivity contribution is 8.00. The molecule has 0 bridgehead atoms. The van der Waals surface area contributed by atoms with Gasteiger partial charge >= 0.3 is 0 Å². The lowest BCUT2D eigenvalue weighted by Gasteiger charge is -2.20. The summed E-state index contributed by atoms with van der Waals surface area (Å²) in [5, 5.41) is 8.43. The average molecular weight is 354 g/mol. The quantitative estimate of drug-likeness (QED) is 0.705. The molecular formula is C18H18N4O2S. The molecule has 1 atom stereocenters. The summed E-state index contributed by atoms with van der Waals surface area (Å²) >= 11 is 1.58. The molecule has 1 aromatic carbocycles. The van der Waals surface area contributed by atoms with Gasteiger partial charge in [0.1, 0.15) is 16.8 Å². The van der Waals surface area contributed by atoms with Crippen LogP contribution in [0.3, 0.4) is 0 Å². The van der Waals surface area contributed by atoms with Crippen molar-refractivity contribution in [3.05, 3.63) is 71.4 Å². The zero-order valence-corrected chi connectivity index (χ0v) is 14.6. The van der Waals surface area contributed by atoms with Crippen LogP contribution in [0.25, 0.3) is 0 Å². The number of hydrogen-bond donors (Lipinski definition) is 0. The number of rotatable bonds is 5. The van der Waals surface area contributed by atoms with Crippen LogP contribution in [-0.4, -0.2) is 31.6 Å². The summed E-state index contributed by atoms with van der Waals surface area (Å²) in [6.45, 7) is 3.21. The topological polar surface area (TPSA) is 64.2 Å². The van der Waals surface area contributed by atoms with Crippen LogP contribution in [0.2, 0.25) is 0 Å². The van der Waals surface area contributed by atoms with Gasteiger partial charge < -0.3 is 9.32 Å². The summed E-state index contributed by atoms with van der Waals surface area (Å²) in [7, 11) is 0. The van der Waals surface area contributed by atoms with Gasteiger partial charge in [0.25, 0.3) is 0 Å². The molecule has 1 amide bonds. The van der Waals surface area contributed by atoms with E-state index in [0.717, 1.165) is 11.5 Å². The molecule has 3 heterocycles. The molecule has 1 aliphatic rings. The highest BCUT2D eigenvalue weighted by Gasteiger charge is 2.35. The zero-order valence-electron chi connectivity index (χ0n) is 13.8. The lowest BCUT2D eigenvalue weighted by atomic mass is 10.1. The SMILES string of the molecule is Cc1ccccc1Cn1cc([C@H]2SCC(=O)N2Cc2ccco2)nn1. The fourth-order valence-corrected chi connectivity index (χ4v) is 4.02. The number of furan rings is 1. The van der Waals surface area contributed by atoms with Gasteiger partial charge in [0, 0.05) is 0 Å². The van der Waals surface area contributed by atoms with Crippen LogP contribution in [0.15, 0.2) is 53.3 Å². The molecule has 7 heteroatoms. The molecule has 2 aromatic heterocycles. The second-order valence-corrected chi connectivity index (χ2v) is 7.10. The number of carbonyl (C=O) groups is 1. The fraction of sp³-hybridized carbons (Fsp3) is 0.278. The maximum absolute atomic E-state index is 12.2. The summed E-state index contributed by atoms with van der Waals surface area (Å²) in [4.78, 5) is 14.0.